The Bertz CT molecular complexity index is 431. The van der Waals surface area contributed by atoms with Crippen LogP contribution in [0.4, 0.5) is 4.79 Å². The van der Waals surface area contributed by atoms with Gasteiger partial charge in [-0.15, -0.1) is 0 Å². The zero-order chi connectivity index (χ0) is 14.8. The first kappa shape index (κ1) is 15.6. The Labute approximate surface area is 117 Å². The van der Waals surface area contributed by atoms with Crippen molar-refractivity contribution in [3.63, 3.8) is 0 Å². The van der Waals surface area contributed by atoms with Gasteiger partial charge in [-0.2, -0.15) is 0 Å². The van der Waals surface area contributed by atoms with Crippen LogP contribution in [0.3, 0.4) is 0 Å². The van der Waals surface area contributed by atoms with Crippen molar-refractivity contribution in [2.75, 3.05) is 20.7 Å². The van der Waals surface area contributed by atoms with Crippen LogP contribution < -0.4 is 0 Å². The largest absolute Gasteiger partial charge is 0.468 e. The first-order valence-corrected chi connectivity index (χ1v) is 6.47. The van der Waals surface area contributed by atoms with E-state index in [2.05, 4.69) is 4.74 Å². The van der Waals surface area contributed by atoms with E-state index >= 15 is 0 Å². The van der Waals surface area contributed by atoms with E-state index in [0.29, 0.717) is 17.8 Å². The predicted octanol–water partition coefficient (Wildman–Crippen LogP) is 1.19. The standard InChI is InChI=1S/C12H18N2O4S/c1-5-12(6-2)9(16)14(7-8(15)18-4)11(17)13(3)10(12)19/h5-7H2,1-4H3. The molecule has 0 aromatic carbocycles. The van der Waals surface area contributed by atoms with Crippen molar-refractivity contribution in [2.24, 2.45) is 5.41 Å². The minimum absolute atomic E-state index is 0.314. The van der Waals surface area contributed by atoms with Crippen molar-refractivity contribution in [1.29, 1.82) is 0 Å². The van der Waals surface area contributed by atoms with E-state index in [9.17, 15) is 14.4 Å². The summed E-state index contributed by atoms with van der Waals surface area (Å²) in [5, 5.41) is 0. The van der Waals surface area contributed by atoms with Crippen LogP contribution in [0.15, 0.2) is 0 Å². The van der Waals surface area contributed by atoms with E-state index in [1.165, 1.54) is 19.1 Å². The summed E-state index contributed by atoms with van der Waals surface area (Å²) in [5.41, 5.74) is -0.897. The van der Waals surface area contributed by atoms with Crippen molar-refractivity contribution in [3.8, 4) is 0 Å². The molecular formula is C12H18N2O4S. The first-order valence-electron chi connectivity index (χ1n) is 6.06. The lowest BCUT2D eigenvalue weighted by atomic mass is 9.79. The van der Waals surface area contributed by atoms with Crippen LogP contribution in [0.1, 0.15) is 26.7 Å². The number of imide groups is 1. The summed E-state index contributed by atoms with van der Waals surface area (Å²) in [4.78, 5) is 38.4. The molecule has 1 heterocycles. The Morgan fingerprint density at radius 3 is 2.26 bits per heavy atom. The molecule has 0 unspecified atom stereocenters. The Morgan fingerprint density at radius 2 is 1.84 bits per heavy atom. The molecule has 0 aromatic rings. The molecule has 1 aliphatic heterocycles. The second-order valence-electron chi connectivity index (χ2n) is 4.40. The second-order valence-corrected chi connectivity index (χ2v) is 4.79. The topological polar surface area (TPSA) is 66.9 Å². The molecule has 1 fully saturated rings. The minimum atomic E-state index is -0.897. The van der Waals surface area contributed by atoms with Crippen LogP contribution in [0.5, 0.6) is 0 Å². The number of methoxy groups -OCH3 is 1. The third kappa shape index (κ3) is 2.34. The monoisotopic (exact) mass is 286 g/mol. The summed E-state index contributed by atoms with van der Waals surface area (Å²) in [5.74, 6) is -1.06. The van der Waals surface area contributed by atoms with Gasteiger partial charge in [0.2, 0.25) is 5.91 Å². The third-order valence-electron chi connectivity index (χ3n) is 3.61. The van der Waals surface area contributed by atoms with Gasteiger partial charge in [-0.05, 0) is 12.8 Å². The second kappa shape index (κ2) is 5.64. The molecule has 0 N–H and O–H groups in total. The number of rotatable bonds is 4. The van der Waals surface area contributed by atoms with Crippen LogP contribution >= 0.6 is 12.2 Å². The Hall–Kier alpha value is -1.50. The van der Waals surface area contributed by atoms with Gasteiger partial charge < -0.3 is 4.74 Å². The van der Waals surface area contributed by atoms with E-state index < -0.39 is 23.3 Å². The highest BCUT2D eigenvalue weighted by Gasteiger charge is 2.51. The Balaban J connectivity index is 3.19. The van der Waals surface area contributed by atoms with Crippen molar-refractivity contribution in [2.45, 2.75) is 26.7 Å². The molecule has 6 nitrogen and oxygen atoms in total. The molecule has 3 amide bonds. The fourth-order valence-electron chi connectivity index (χ4n) is 2.21. The molecule has 0 aliphatic carbocycles. The van der Waals surface area contributed by atoms with Gasteiger partial charge in [0, 0.05) is 7.05 Å². The average molecular weight is 286 g/mol. The summed E-state index contributed by atoms with van der Waals surface area (Å²) >= 11 is 5.25. The molecule has 0 saturated carbocycles. The first-order chi connectivity index (χ1) is 8.85. The molecule has 0 radical (unpaired) electrons. The van der Waals surface area contributed by atoms with Gasteiger partial charge in [0.25, 0.3) is 0 Å². The normalized spacial score (nSPS) is 18.8. The van der Waals surface area contributed by atoms with Gasteiger partial charge in [-0.25, -0.2) is 4.79 Å². The summed E-state index contributed by atoms with van der Waals surface area (Å²) in [7, 11) is 2.73. The maximum atomic E-state index is 12.5. The number of carbonyl (C=O) groups excluding carboxylic acids is 3. The van der Waals surface area contributed by atoms with E-state index in [4.69, 9.17) is 12.2 Å². The maximum absolute atomic E-state index is 12.5. The zero-order valence-electron chi connectivity index (χ0n) is 11.6. The Kier molecular flexibility index (Phi) is 4.62. The average Bonchev–Trinajstić information content (AvgIpc) is 2.42. The van der Waals surface area contributed by atoms with Crippen molar-refractivity contribution in [1.82, 2.24) is 9.80 Å². The van der Waals surface area contributed by atoms with Crippen LogP contribution in [-0.4, -0.2) is 53.4 Å². The lowest BCUT2D eigenvalue weighted by Gasteiger charge is -2.44. The van der Waals surface area contributed by atoms with E-state index in [-0.39, 0.29) is 6.54 Å². The predicted molar refractivity (Wildman–Crippen MR) is 72.5 cm³/mol. The lowest BCUT2D eigenvalue weighted by molar-refractivity contribution is -0.148. The lowest BCUT2D eigenvalue weighted by Crippen LogP contribution is -2.64. The number of carbonyl (C=O) groups is 3. The van der Waals surface area contributed by atoms with E-state index in [0.717, 1.165) is 4.90 Å². The van der Waals surface area contributed by atoms with Crippen LogP contribution in [0.25, 0.3) is 0 Å². The number of amides is 3. The summed E-state index contributed by atoms with van der Waals surface area (Å²) in [6.45, 7) is 3.30. The third-order valence-corrected chi connectivity index (χ3v) is 4.27. The van der Waals surface area contributed by atoms with Crippen molar-refractivity contribution in [3.05, 3.63) is 0 Å². The summed E-state index contributed by atoms with van der Waals surface area (Å²) in [6.07, 6.45) is 0.965. The molecule has 0 spiro atoms. The van der Waals surface area contributed by atoms with Gasteiger partial charge in [0.1, 0.15) is 16.9 Å². The van der Waals surface area contributed by atoms with Crippen LogP contribution in [0, 0.1) is 5.41 Å². The number of hydrogen-bond acceptors (Lipinski definition) is 5. The number of thiocarbonyl (C=S) groups is 1. The number of esters is 1. The highest BCUT2D eigenvalue weighted by Crippen LogP contribution is 2.36. The number of hydrogen-bond donors (Lipinski definition) is 0. The van der Waals surface area contributed by atoms with Gasteiger partial charge in [0.05, 0.1) is 7.11 Å². The fraction of sp³-hybridized carbons (Fsp3) is 0.667. The van der Waals surface area contributed by atoms with Gasteiger partial charge >= 0.3 is 12.0 Å². The zero-order valence-corrected chi connectivity index (χ0v) is 12.4. The molecule has 7 heteroatoms. The maximum Gasteiger partial charge on any atom is 0.331 e. The molecule has 0 atom stereocenters. The molecule has 1 saturated heterocycles. The number of urea groups is 1. The summed E-state index contributed by atoms with van der Waals surface area (Å²) in [6, 6.07) is -0.585. The van der Waals surface area contributed by atoms with Gasteiger partial charge in [-0.3, -0.25) is 19.4 Å². The fourth-order valence-corrected chi connectivity index (χ4v) is 2.67. The van der Waals surface area contributed by atoms with Gasteiger partial charge in [0.15, 0.2) is 0 Å². The van der Waals surface area contributed by atoms with Crippen LogP contribution in [0.2, 0.25) is 0 Å². The van der Waals surface area contributed by atoms with E-state index in [1.807, 2.05) is 13.8 Å². The number of ether oxygens (including phenoxy) is 1. The molecule has 1 rings (SSSR count). The van der Waals surface area contributed by atoms with Gasteiger partial charge in [-0.1, -0.05) is 26.1 Å². The SMILES string of the molecule is CCC1(CC)C(=O)N(CC(=O)OC)C(=O)N(C)C1=S. The molecule has 1 aliphatic rings. The Morgan fingerprint density at radius 1 is 1.32 bits per heavy atom. The summed E-state index contributed by atoms with van der Waals surface area (Å²) < 4.78 is 4.51. The highest BCUT2D eigenvalue weighted by atomic mass is 32.1. The van der Waals surface area contributed by atoms with Crippen molar-refractivity contribution >= 4 is 35.1 Å². The molecular weight excluding hydrogens is 268 g/mol. The molecule has 0 aromatic heterocycles. The van der Waals surface area contributed by atoms with Crippen molar-refractivity contribution < 1.29 is 19.1 Å². The quantitative estimate of drug-likeness (QED) is 0.573. The molecule has 19 heavy (non-hydrogen) atoms. The highest BCUT2D eigenvalue weighted by molar-refractivity contribution is 7.80. The van der Waals surface area contributed by atoms with E-state index in [1.54, 1.807) is 0 Å². The molecule has 106 valence electrons. The minimum Gasteiger partial charge on any atom is -0.468 e. The number of nitrogens with zero attached hydrogens (tertiary/aromatic N) is 2. The molecule has 0 bridgehead atoms. The smallest absolute Gasteiger partial charge is 0.331 e. The van der Waals surface area contributed by atoms with Crippen LogP contribution in [-0.2, 0) is 14.3 Å².